The van der Waals surface area contributed by atoms with E-state index in [9.17, 15) is 4.79 Å². The van der Waals surface area contributed by atoms with Crippen molar-refractivity contribution in [3.05, 3.63) is 59.7 Å². The Labute approximate surface area is 165 Å². The maximum Gasteiger partial charge on any atom is 0.317 e. The van der Waals surface area contributed by atoms with Crippen molar-refractivity contribution < 1.29 is 4.79 Å². The van der Waals surface area contributed by atoms with E-state index in [1.54, 1.807) is 6.20 Å². The molecule has 146 valence electrons. The molecular formula is C22H27N5O. The molecule has 1 N–H and O–H groups in total. The molecule has 1 aliphatic heterocycles. The zero-order chi connectivity index (χ0) is 19.7. The van der Waals surface area contributed by atoms with Crippen molar-refractivity contribution in [2.45, 2.75) is 45.7 Å². The van der Waals surface area contributed by atoms with Crippen molar-refractivity contribution >= 4 is 17.1 Å². The van der Waals surface area contributed by atoms with Crippen LogP contribution >= 0.6 is 0 Å². The van der Waals surface area contributed by atoms with E-state index in [1.807, 2.05) is 17.2 Å². The van der Waals surface area contributed by atoms with Crippen molar-refractivity contribution in [2.75, 3.05) is 13.1 Å². The van der Waals surface area contributed by atoms with E-state index in [0.29, 0.717) is 19.1 Å². The molecule has 2 amide bonds. The first-order valence-corrected chi connectivity index (χ1v) is 9.93. The van der Waals surface area contributed by atoms with Crippen LogP contribution in [0.2, 0.25) is 0 Å². The molecule has 0 bridgehead atoms. The van der Waals surface area contributed by atoms with Gasteiger partial charge in [0.2, 0.25) is 0 Å². The van der Waals surface area contributed by atoms with Crippen LogP contribution in [0, 0.1) is 6.92 Å². The van der Waals surface area contributed by atoms with Crippen molar-refractivity contribution in [2.24, 2.45) is 0 Å². The third kappa shape index (κ3) is 3.59. The second-order valence-corrected chi connectivity index (χ2v) is 7.87. The summed E-state index contributed by atoms with van der Waals surface area (Å²) in [6.07, 6.45) is 4.59. The molecule has 0 radical (unpaired) electrons. The van der Waals surface area contributed by atoms with Gasteiger partial charge in [-0.1, -0.05) is 29.8 Å². The number of urea groups is 1. The van der Waals surface area contributed by atoms with E-state index in [2.05, 4.69) is 59.9 Å². The van der Waals surface area contributed by atoms with Crippen molar-refractivity contribution in [1.82, 2.24) is 24.8 Å². The Morgan fingerprint density at radius 1 is 1.25 bits per heavy atom. The predicted octanol–water partition coefficient (Wildman–Crippen LogP) is 4.02. The lowest BCUT2D eigenvalue weighted by atomic mass is 10.1. The molecule has 0 aliphatic carbocycles. The van der Waals surface area contributed by atoms with Gasteiger partial charge in [-0.25, -0.2) is 9.78 Å². The van der Waals surface area contributed by atoms with Crippen LogP contribution < -0.4 is 5.32 Å². The molecule has 0 unspecified atom stereocenters. The molecule has 3 heterocycles. The van der Waals surface area contributed by atoms with Gasteiger partial charge in [-0.05, 0) is 38.8 Å². The van der Waals surface area contributed by atoms with Gasteiger partial charge in [-0.3, -0.25) is 4.98 Å². The molecule has 2 aromatic heterocycles. The average Bonchev–Trinajstić information content (AvgIpc) is 3.32. The molecule has 1 fully saturated rings. The third-order valence-electron chi connectivity index (χ3n) is 5.44. The standard InChI is InChI=1S/C22H27N5O/c1-15(2)27-20-13-23-10-8-19(20)25-21(27)18-9-11-26(14-18)22(28)24-12-17-6-4-16(3)5-7-17/h4-8,10,13,15,18H,9,11-12,14H2,1-3H3,(H,24,28)/t18-/m1/s1. The minimum Gasteiger partial charge on any atom is -0.334 e. The number of carbonyl (C=O) groups is 1. The Kier molecular flexibility index (Phi) is 5.03. The number of carbonyl (C=O) groups excluding carboxylic acids is 1. The van der Waals surface area contributed by atoms with Gasteiger partial charge in [-0.15, -0.1) is 0 Å². The molecule has 0 saturated carbocycles. The van der Waals surface area contributed by atoms with Crippen molar-refractivity contribution in [3.63, 3.8) is 0 Å². The number of benzene rings is 1. The van der Waals surface area contributed by atoms with Gasteiger partial charge in [0.25, 0.3) is 0 Å². The number of likely N-dealkylation sites (tertiary alicyclic amines) is 1. The van der Waals surface area contributed by atoms with Gasteiger partial charge in [0.05, 0.1) is 17.2 Å². The molecule has 1 atom stereocenters. The fourth-order valence-corrected chi connectivity index (χ4v) is 3.94. The SMILES string of the molecule is Cc1ccc(CNC(=O)N2CC[C@@H](c3nc4ccncc4n3C(C)C)C2)cc1. The van der Waals surface area contributed by atoms with Gasteiger partial charge >= 0.3 is 6.03 Å². The van der Waals surface area contributed by atoms with Crippen LogP contribution in [0.1, 0.15) is 49.2 Å². The smallest absolute Gasteiger partial charge is 0.317 e. The lowest BCUT2D eigenvalue weighted by Gasteiger charge is -2.19. The minimum atomic E-state index is -0.00282. The first-order valence-electron chi connectivity index (χ1n) is 9.93. The molecule has 4 rings (SSSR count). The van der Waals surface area contributed by atoms with Crippen molar-refractivity contribution in [1.29, 1.82) is 0 Å². The average molecular weight is 377 g/mol. The summed E-state index contributed by atoms with van der Waals surface area (Å²) in [7, 11) is 0. The van der Waals surface area contributed by atoms with E-state index in [4.69, 9.17) is 4.98 Å². The summed E-state index contributed by atoms with van der Waals surface area (Å²) in [5.74, 6) is 1.31. The summed E-state index contributed by atoms with van der Waals surface area (Å²) in [4.78, 5) is 23.7. The molecule has 1 aliphatic rings. The quantitative estimate of drug-likeness (QED) is 0.747. The van der Waals surface area contributed by atoms with E-state index >= 15 is 0 Å². The van der Waals surface area contributed by atoms with Gasteiger partial charge in [0, 0.05) is 37.8 Å². The highest BCUT2D eigenvalue weighted by atomic mass is 16.2. The predicted molar refractivity (Wildman–Crippen MR) is 110 cm³/mol. The van der Waals surface area contributed by atoms with Crippen LogP contribution in [-0.2, 0) is 6.54 Å². The summed E-state index contributed by atoms with van der Waals surface area (Å²) >= 11 is 0. The van der Waals surface area contributed by atoms with Crippen LogP contribution in [0.3, 0.4) is 0 Å². The lowest BCUT2D eigenvalue weighted by molar-refractivity contribution is 0.207. The van der Waals surface area contributed by atoms with Crippen LogP contribution in [0.4, 0.5) is 4.79 Å². The third-order valence-corrected chi connectivity index (χ3v) is 5.44. The Morgan fingerprint density at radius 2 is 2.04 bits per heavy atom. The number of hydrogen-bond acceptors (Lipinski definition) is 3. The topological polar surface area (TPSA) is 63.1 Å². The zero-order valence-electron chi connectivity index (χ0n) is 16.7. The lowest BCUT2D eigenvalue weighted by Crippen LogP contribution is -2.38. The second-order valence-electron chi connectivity index (χ2n) is 7.87. The number of imidazole rings is 1. The Hall–Kier alpha value is -2.89. The minimum absolute atomic E-state index is 0.00282. The summed E-state index contributed by atoms with van der Waals surface area (Å²) in [5.41, 5.74) is 4.38. The number of aromatic nitrogens is 3. The van der Waals surface area contributed by atoms with Crippen molar-refractivity contribution in [3.8, 4) is 0 Å². The number of amides is 2. The Bertz CT molecular complexity index is 976. The fraction of sp³-hybridized carbons (Fsp3) is 0.409. The van der Waals surface area contributed by atoms with Gasteiger partial charge in [0.15, 0.2) is 0 Å². The summed E-state index contributed by atoms with van der Waals surface area (Å²) < 4.78 is 2.26. The highest BCUT2D eigenvalue weighted by Crippen LogP contribution is 2.31. The van der Waals surface area contributed by atoms with E-state index < -0.39 is 0 Å². The molecule has 6 nitrogen and oxygen atoms in total. The normalized spacial score (nSPS) is 16.9. The molecule has 1 saturated heterocycles. The number of nitrogens with one attached hydrogen (secondary N) is 1. The molecule has 1 aromatic carbocycles. The van der Waals surface area contributed by atoms with Gasteiger partial charge in [0.1, 0.15) is 5.82 Å². The number of pyridine rings is 1. The van der Waals surface area contributed by atoms with Gasteiger partial charge < -0.3 is 14.8 Å². The van der Waals surface area contributed by atoms with E-state index in [1.165, 1.54) is 5.56 Å². The number of nitrogens with zero attached hydrogens (tertiary/aromatic N) is 4. The number of fused-ring (bicyclic) bond motifs is 1. The first-order chi connectivity index (χ1) is 13.5. The largest absolute Gasteiger partial charge is 0.334 e. The fourth-order valence-electron chi connectivity index (χ4n) is 3.94. The number of aryl methyl sites for hydroxylation is 1. The summed E-state index contributed by atoms with van der Waals surface area (Å²) in [6, 6.07) is 10.5. The zero-order valence-corrected chi connectivity index (χ0v) is 16.7. The maximum atomic E-state index is 12.6. The van der Waals surface area contributed by atoms with Crippen LogP contribution in [0.5, 0.6) is 0 Å². The van der Waals surface area contributed by atoms with E-state index in [0.717, 1.165) is 35.4 Å². The molecule has 0 spiro atoms. The Morgan fingerprint density at radius 3 is 2.79 bits per heavy atom. The summed E-state index contributed by atoms with van der Waals surface area (Å²) in [5, 5.41) is 3.05. The number of rotatable bonds is 4. The van der Waals surface area contributed by atoms with Crippen LogP contribution in [0.25, 0.3) is 11.0 Å². The van der Waals surface area contributed by atoms with Crippen LogP contribution in [-0.4, -0.2) is 38.6 Å². The molecule has 3 aromatic rings. The monoisotopic (exact) mass is 377 g/mol. The molecular weight excluding hydrogens is 350 g/mol. The first kappa shape index (κ1) is 18.5. The molecule has 6 heteroatoms. The highest BCUT2D eigenvalue weighted by molar-refractivity contribution is 5.76. The van der Waals surface area contributed by atoms with Gasteiger partial charge in [-0.2, -0.15) is 0 Å². The maximum absolute atomic E-state index is 12.6. The second kappa shape index (κ2) is 7.62. The highest BCUT2D eigenvalue weighted by Gasteiger charge is 2.31. The summed E-state index contributed by atoms with van der Waals surface area (Å²) in [6.45, 7) is 8.40. The van der Waals surface area contributed by atoms with E-state index in [-0.39, 0.29) is 11.9 Å². The number of hydrogen-bond donors (Lipinski definition) is 1. The molecule has 28 heavy (non-hydrogen) atoms. The Balaban J connectivity index is 1.45. The van der Waals surface area contributed by atoms with Crippen LogP contribution in [0.15, 0.2) is 42.7 Å².